The summed E-state index contributed by atoms with van der Waals surface area (Å²) < 4.78 is 5.27. The monoisotopic (exact) mass is 241 g/mol. The quantitative estimate of drug-likeness (QED) is 0.894. The van der Waals surface area contributed by atoms with Crippen molar-refractivity contribution in [3.63, 3.8) is 0 Å². The second-order valence-electron chi connectivity index (χ2n) is 4.56. The molecule has 0 spiro atoms. The van der Waals surface area contributed by atoms with Crippen LogP contribution in [-0.4, -0.2) is 7.11 Å². The average molecular weight is 241 g/mol. The predicted octanol–water partition coefficient (Wildman–Crippen LogP) is 3.36. The van der Waals surface area contributed by atoms with Gasteiger partial charge in [-0.1, -0.05) is 36.4 Å². The van der Waals surface area contributed by atoms with Crippen LogP contribution in [0.1, 0.15) is 28.3 Å². The molecule has 0 saturated heterocycles. The lowest BCUT2D eigenvalue weighted by Gasteiger charge is -2.16. The van der Waals surface area contributed by atoms with Gasteiger partial charge in [-0.25, -0.2) is 0 Å². The number of hydrogen-bond donors (Lipinski definition) is 1. The van der Waals surface area contributed by atoms with E-state index in [0.717, 1.165) is 16.9 Å². The Hall–Kier alpha value is -1.80. The summed E-state index contributed by atoms with van der Waals surface area (Å²) in [7, 11) is 1.68. The van der Waals surface area contributed by atoms with Crippen molar-refractivity contribution in [3.8, 4) is 5.75 Å². The van der Waals surface area contributed by atoms with Gasteiger partial charge in [0.2, 0.25) is 0 Å². The van der Waals surface area contributed by atoms with E-state index in [-0.39, 0.29) is 6.04 Å². The van der Waals surface area contributed by atoms with E-state index in [1.807, 2.05) is 31.2 Å². The number of benzene rings is 2. The average Bonchev–Trinajstić information content (AvgIpc) is 2.38. The first-order chi connectivity index (χ1) is 8.63. The molecule has 0 aromatic heterocycles. The normalized spacial score (nSPS) is 12.2. The van der Waals surface area contributed by atoms with Crippen molar-refractivity contribution in [1.82, 2.24) is 0 Å². The molecule has 0 heterocycles. The smallest absolute Gasteiger partial charge is 0.121 e. The summed E-state index contributed by atoms with van der Waals surface area (Å²) in [4.78, 5) is 0. The second kappa shape index (κ2) is 5.23. The van der Waals surface area contributed by atoms with Gasteiger partial charge in [0.1, 0.15) is 5.75 Å². The summed E-state index contributed by atoms with van der Waals surface area (Å²) >= 11 is 0. The third kappa shape index (κ3) is 2.39. The number of ether oxygens (including phenoxy) is 1. The maximum atomic E-state index is 6.34. The Balaban J connectivity index is 2.37. The van der Waals surface area contributed by atoms with Crippen molar-refractivity contribution < 1.29 is 4.74 Å². The lowest BCUT2D eigenvalue weighted by molar-refractivity contribution is 0.411. The first-order valence-electron chi connectivity index (χ1n) is 6.09. The summed E-state index contributed by atoms with van der Waals surface area (Å²) in [5.41, 5.74) is 10.9. The Kier molecular flexibility index (Phi) is 3.68. The first-order valence-corrected chi connectivity index (χ1v) is 6.09. The molecule has 94 valence electrons. The van der Waals surface area contributed by atoms with Crippen LogP contribution in [0, 0.1) is 13.8 Å². The van der Waals surface area contributed by atoms with Crippen molar-refractivity contribution in [1.29, 1.82) is 0 Å². The zero-order valence-electron chi connectivity index (χ0n) is 11.1. The molecule has 0 radical (unpaired) electrons. The minimum absolute atomic E-state index is 0.0872. The molecule has 1 atom stereocenters. The van der Waals surface area contributed by atoms with Crippen molar-refractivity contribution >= 4 is 0 Å². The van der Waals surface area contributed by atoms with E-state index >= 15 is 0 Å². The molecule has 2 nitrogen and oxygen atoms in total. The topological polar surface area (TPSA) is 35.2 Å². The van der Waals surface area contributed by atoms with Gasteiger partial charge in [0.25, 0.3) is 0 Å². The molecule has 0 bridgehead atoms. The van der Waals surface area contributed by atoms with Gasteiger partial charge in [0.15, 0.2) is 0 Å². The van der Waals surface area contributed by atoms with E-state index in [4.69, 9.17) is 10.5 Å². The maximum Gasteiger partial charge on any atom is 0.121 e. The molecule has 0 aliphatic heterocycles. The van der Waals surface area contributed by atoms with Gasteiger partial charge in [-0.2, -0.15) is 0 Å². The zero-order chi connectivity index (χ0) is 13.1. The molecule has 2 rings (SSSR count). The molecule has 18 heavy (non-hydrogen) atoms. The number of aryl methyl sites for hydroxylation is 2. The number of rotatable bonds is 3. The molecule has 1 unspecified atom stereocenters. The summed E-state index contributed by atoms with van der Waals surface area (Å²) in [6.07, 6.45) is 0. The fraction of sp³-hybridized carbons (Fsp3) is 0.250. The standard InChI is InChI=1S/C16H19NO/c1-11-6-4-5-7-14(11)16(17)13-8-9-15(18-3)12(2)10-13/h4-10,16H,17H2,1-3H3. The summed E-state index contributed by atoms with van der Waals surface area (Å²) in [6, 6.07) is 14.2. The second-order valence-corrected chi connectivity index (χ2v) is 4.56. The van der Waals surface area contributed by atoms with E-state index < -0.39 is 0 Å². The van der Waals surface area contributed by atoms with E-state index in [0.29, 0.717) is 0 Å². The van der Waals surface area contributed by atoms with Crippen molar-refractivity contribution in [2.45, 2.75) is 19.9 Å². The number of methoxy groups -OCH3 is 1. The third-order valence-electron chi connectivity index (χ3n) is 3.30. The summed E-state index contributed by atoms with van der Waals surface area (Å²) in [5.74, 6) is 0.899. The fourth-order valence-corrected chi connectivity index (χ4v) is 2.21. The van der Waals surface area contributed by atoms with Gasteiger partial charge in [0.05, 0.1) is 13.2 Å². The summed E-state index contributed by atoms with van der Waals surface area (Å²) in [6.45, 7) is 4.12. The van der Waals surface area contributed by atoms with Gasteiger partial charge in [0, 0.05) is 0 Å². The van der Waals surface area contributed by atoms with Crippen LogP contribution in [0.25, 0.3) is 0 Å². The highest BCUT2D eigenvalue weighted by atomic mass is 16.5. The maximum absolute atomic E-state index is 6.34. The molecular formula is C16H19NO. The third-order valence-corrected chi connectivity index (χ3v) is 3.30. The van der Waals surface area contributed by atoms with Gasteiger partial charge in [-0.3, -0.25) is 0 Å². The highest BCUT2D eigenvalue weighted by Gasteiger charge is 2.12. The minimum atomic E-state index is -0.0872. The van der Waals surface area contributed by atoms with Crippen molar-refractivity contribution in [2.24, 2.45) is 5.73 Å². The Bertz CT molecular complexity index is 549. The highest BCUT2D eigenvalue weighted by molar-refractivity contribution is 5.42. The van der Waals surface area contributed by atoms with Gasteiger partial charge in [-0.05, 0) is 42.2 Å². The molecular weight excluding hydrogens is 222 g/mol. The minimum Gasteiger partial charge on any atom is -0.496 e. The molecule has 2 aromatic carbocycles. The molecule has 0 aliphatic carbocycles. The van der Waals surface area contributed by atoms with Gasteiger partial charge < -0.3 is 10.5 Å². The van der Waals surface area contributed by atoms with Crippen LogP contribution >= 0.6 is 0 Å². The Labute approximate surface area is 108 Å². The largest absolute Gasteiger partial charge is 0.496 e. The number of hydrogen-bond acceptors (Lipinski definition) is 2. The van der Waals surface area contributed by atoms with Crippen LogP contribution in [0.4, 0.5) is 0 Å². The molecule has 0 aliphatic rings. The van der Waals surface area contributed by atoms with Crippen molar-refractivity contribution in [2.75, 3.05) is 7.11 Å². The van der Waals surface area contributed by atoms with Crippen LogP contribution in [0.5, 0.6) is 5.75 Å². The van der Waals surface area contributed by atoms with E-state index in [9.17, 15) is 0 Å². The van der Waals surface area contributed by atoms with Crippen molar-refractivity contribution in [3.05, 3.63) is 64.7 Å². The predicted molar refractivity (Wildman–Crippen MR) is 74.9 cm³/mol. The Morgan fingerprint density at radius 2 is 1.72 bits per heavy atom. The molecule has 0 amide bonds. The van der Waals surface area contributed by atoms with E-state index in [2.05, 4.69) is 25.1 Å². The van der Waals surface area contributed by atoms with E-state index in [1.54, 1.807) is 7.11 Å². The number of nitrogens with two attached hydrogens (primary N) is 1. The van der Waals surface area contributed by atoms with Crippen LogP contribution < -0.4 is 10.5 Å². The summed E-state index contributed by atoms with van der Waals surface area (Å²) in [5, 5.41) is 0. The molecule has 2 aromatic rings. The zero-order valence-corrected chi connectivity index (χ0v) is 11.1. The Morgan fingerprint density at radius 3 is 2.33 bits per heavy atom. The lowest BCUT2D eigenvalue weighted by atomic mass is 9.95. The SMILES string of the molecule is COc1ccc(C(N)c2ccccc2C)cc1C. The van der Waals surface area contributed by atoms with E-state index in [1.165, 1.54) is 11.1 Å². The van der Waals surface area contributed by atoms with Gasteiger partial charge >= 0.3 is 0 Å². The Morgan fingerprint density at radius 1 is 1.00 bits per heavy atom. The van der Waals surface area contributed by atoms with Gasteiger partial charge in [-0.15, -0.1) is 0 Å². The van der Waals surface area contributed by atoms with Crippen LogP contribution in [0.2, 0.25) is 0 Å². The fourth-order valence-electron chi connectivity index (χ4n) is 2.21. The molecule has 2 heteroatoms. The molecule has 0 fully saturated rings. The van der Waals surface area contributed by atoms with Crippen LogP contribution in [-0.2, 0) is 0 Å². The lowest BCUT2D eigenvalue weighted by Crippen LogP contribution is -2.13. The molecule has 0 saturated carbocycles. The van der Waals surface area contributed by atoms with Crippen LogP contribution in [0.3, 0.4) is 0 Å². The van der Waals surface area contributed by atoms with Crippen LogP contribution in [0.15, 0.2) is 42.5 Å². The first kappa shape index (κ1) is 12.7. The molecule has 2 N–H and O–H groups in total. The highest BCUT2D eigenvalue weighted by Crippen LogP contribution is 2.26.